The van der Waals surface area contributed by atoms with E-state index >= 15 is 0 Å². The molecule has 5 heteroatoms. The van der Waals surface area contributed by atoms with Crippen LogP contribution in [0.25, 0.3) is 0 Å². The van der Waals surface area contributed by atoms with Crippen molar-refractivity contribution in [2.45, 2.75) is 19.8 Å². The zero-order valence-corrected chi connectivity index (χ0v) is 9.81. The smallest absolute Gasteiger partial charge is 0.220 e. The van der Waals surface area contributed by atoms with Gasteiger partial charge in [0.2, 0.25) is 5.91 Å². The van der Waals surface area contributed by atoms with Gasteiger partial charge in [0.05, 0.1) is 0 Å². The van der Waals surface area contributed by atoms with Crippen molar-refractivity contribution in [2.24, 2.45) is 11.7 Å². The quantitative estimate of drug-likeness (QED) is 0.799. The first-order chi connectivity index (χ1) is 8.08. The predicted molar refractivity (Wildman–Crippen MR) is 62.8 cm³/mol. The number of Topliss-reactive ketones (excluding diaryl/α,β-unsaturated/α-hetero) is 1. The largest absolute Gasteiger partial charge is 0.437 e. The number of amides is 1. The maximum atomic E-state index is 11.1. The van der Waals surface area contributed by atoms with Gasteiger partial charge in [-0.05, 0) is 18.9 Å². The third-order valence-corrected chi connectivity index (χ3v) is 3.15. The summed E-state index contributed by atoms with van der Waals surface area (Å²) in [5.41, 5.74) is 5.27. The van der Waals surface area contributed by atoms with Gasteiger partial charge in [0.15, 0.2) is 17.4 Å². The van der Waals surface area contributed by atoms with Crippen LogP contribution in [0.2, 0.25) is 0 Å². The van der Waals surface area contributed by atoms with Crippen LogP contribution in [-0.4, -0.2) is 24.8 Å². The molecule has 0 spiro atoms. The zero-order valence-electron chi connectivity index (χ0n) is 9.81. The molecule has 92 valence electrons. The van der Waals surface area contributed by atoms with Crippen LogP contribution in [0.1, 0.15) is 30.3 Å². The summed E-state index contributed by atoms with van der Waals surface area (Å²) in [6, 6.07) is 3.47. The minimum atomic E-state index is -0.228. The lowest BCUT2D eigenvalue weighted by Gasteiger charge is -2.30. The summed E-state index contributed by atoms with van der Waals surface area (Å²) >= 11 is 0. The van der Waals surface area contributed by atoms with Gasteiger partial charge in [0.1, 0.15) is 0 Å². The lowest BCUT2D eigenvalue weighted by molar-refractivity contribution is -0.122. The highest BCUT2D eigenvalue weighted by Gasteiger charge is 2.24. The standard InChI is InChI=1S/C12H16N2O3/c1-8(15)10-2-3-11(17-10)14-6-4-9(5-7-14)12(13)16/h2-3,9H,4-7H2,1H3,(H2,13,16). The molecule has 5 nitrogen and oxygen atoms in total. The number of ketones is 1. The van der Waals surface area contributed by atoms with Gasteiger partial charge in [-0.2, -0.15) is 0 Å². The number of nitrogens with two attached hydrogens (primary N) is 1. The lowest BCUT2D eigenvalue weighted by Crippen LogP contribution is -2.38. The van der Waals surface area contributed by atoms with Gasteiger partial charge in [-0.3, -0.25) is 9.59 Å². The molecule has 0 saturated carbocycles. The molecule has 2 rings (SSSR count). The van der Waals surface area contributed by atoms with Gasteiger partial charge in [0.25, 0.3) is 0 Å². The second-order valence-corrected chi connectivity index (χ2v) is 4.36. The van der Waals surface area contributed by atoms with Crippen LogP contribution in [0, 0.1) is 5.92 Å². The number of carbonyl (C=O) groups is 2. The number of rotatable bonds is 3. The van der Waals surface area contributed by atoms with Crippen LogP contribution in [0.15, 0.2) is 16.5 Å². The number of piperidine rings is 1. The molecule has 0 aromatic carbocycles. The second-order valence-electron chi connectivity index (χ2n) is 4.36. The Morgan fingerprint density at radius 2 is 2.00 bits per heavy atom. The van der Waals surface area contributed by atoms with Crippen LogP contribution in [-0.2, 0) is 4.79 Å². The normalized spacial score (nSPS) is 17.1. The van der Waals surface area contributed by atoms with E-state index in [4.69, 9.17) is 10.2 Å². The highest BCUT2D eigenvalue weighted by Crippen LogP contribution is 2.25. The number of furan rings is 1. The fourth-order valence-corrected chi connectivity index (χ4v) is 2.07. The van der Waals surface area contributed by atoms with Crippen LogP contribution in [0.5, 0.6) is 0 Å². The average Bonchev–Trinajstić information content (AvgIpc) is 2.78. The van der Waals surface area contributed by atoms with Crippen LogP contribution in [0.4, 0.5) is 5.88 Å². The average molecular weight is 236 g/mol. The SMILES string of the molecule is CC(=O)c1ccc(N2CCC(C(N)=O)CC2)o1. The second kappa shape index (κ2) is 4.61. The van der Waals surface area contributed by atoms with Crippen molar-refractivity contribution in [3.05, 3.63) is 17.9 Å². The van der Waals surface area contributed by atoms with Crippen molar-refractivity contribution < 1.29 is 14.0 Å². The zero-order chi connectivity index (χ0) is 12.4. The van der Waals surface area contributed by atoms with Gasteiger partial charge >= 0.3 is 0 Å². The molecule has 1 aromatic rings. The Morgan fingerprint density at radius 3 is 2.47 bits per heavy atom. The molecule has 0 bridgehead atoms. The Kier molecular flexibility index (Phi) is 3.17. The Hall–Kier alpha value is -1.78. The molecule has 1 aromatic heterocycles. The summed E-state index contributed by atoms with van der Waals surface area (Å²) in [5.74, 6) is 0.723. The summed E-state index contributed by atoms with van der Waals surface area (Å²) in [6.45, 7) is 2.94. The molecule has 17 heavy (non-hydrogen) atoms. The highest BCUT2D eigenvalue weighted by molar-refractivity contribution is 5.91. The molecular weight excluding hydrogens is 220 g/mol. The number of hydrogen-bond donors (Lipinski definition) is 1. The van der Waals surface area contributed by atoms with E-state index in [1.54, 1.807) is 12.1 Å². The van der Waals surface area contributed by atoms with E-state index < -0.39 is 0 Å². The van der Waals surface area contributed by atoms with Gasteiger partial charge in [-0.25, -0.2) is 0 Å². The molecule has 1 fully saturated rings. The number of nitrogens with zero attached hydrogens (tertiary/aromatic N) is 1. The van der Waals surface area contributed by atoms with Gasteiger partial charge < -0.3 is 15.1 Å². The van der Waals surface area contributed by atoms with E-state index in [0.29, 0.717) is 11.6 Å². The maximum Gasteiger partial charge on any atom is 0.220 e. The van der Waals surface area contributed by atoms with Crippen molar-refractivity contribution in [1.82, 2.24) is 0 Å². The highest BCUT2D eigenvalue weighted by atomic mass is 16.4. The predicted octanol–water partition coefficient (Wildman–Crippen LogP) is 1.18. The first kappa shape index (κ1) is 11.7. The van der Waals surface area contributed by atoms with Crippen LogP contribution < -0.4 is 10.6 Å². The Bertz CT molecular complexity index is 431. The molecule has 1 aliphatic heterocycles. The van der Waals surface area contributed by atoms with Crippen LogP contribution >= 0.6 is 0 Å². The summed E-state index contributed by atoms with van der Waals surface area (Å²) in [5, 5.41) is 0. The van der Waals surface area contributed by atoms with Crippen molar-refractivity contribution in [2.75, 3.05) is 18.0 Å². The molecule has 2 heterocycles. The summed E-state index contributed by atoms with van der Waals surface area (Å²) in [6.07, 6.45) is 1.48. The van der Waals surface area contributed by atoms with Crippen molar-refractivity contribution >= 4 is 17.6 Å². The molecule has 0 aliphatic carbocycles. The summed E-state index contributed by atoms with van der Waals surface area (Å²) in [4.78, 5) is 24.2. The number of hydrogen-bond acceptors (Lipinski definition) is 4. The van der Waals surface area contributed by atoms with Crippen molar-refractivity contribution in [3.8, 4) is 0 Å². The maximum absolute atomic E-state index is 11.1. The van der Waals surface area contributed by atoms with Crippen LogP contribution in [0.3, 0.4) is 0 Å². The number of carbonyl (C=O) groups excluding carboxylic acids is 2. The molecule has 0 unspecified atom stereocenters. The molecule has 1 aliphatic rings. The van der Waals surface area contributed by atoms with E-state index in [-0.39, 0.29) is 17.6 Å². The Balaban J connectivity index is 2.00. The molecule has 1 amide bonds. The van der Waals surface area contributed by atoms with E-state index in [1.165, 1.54) is 6.92 Å². The minimum absolute atomic E-state index is 0.0338. The lowest BCUT2D eigenvalue weighted by atomic mass is 9.96. The summed E-state index contributed by atoms with van der Waals surface area (Å²) < 4.78 is 5.44. The monoisotopic (exact) mass is 236 g/mol. The van der Waals surface area contributed by atoms with E-state index in [9.17, 15) is 9.59 Å². The first-order valence-corrected chi connectivity index (χ1v) is 5.73. The Labute approximate surface area is 99.6 Å². The van der Waals surface area contributed by atoms with Crippen molar-refractivity contribution in [3.63, 3.8) is 0 Å². The number of primary amides is 1. The van der Waals surface area contributed by atoms with Crippen molar-refractivity contribution in [1.29, 1.82) is 0 Å². The molecule has 0 atom stereocenters. The molecule has 0 radical (unpaired) electrons. The Morgan fingerprint density at radius 1 is 1.35 bits per heavy atom. The van der Waals surface area contributed by atoms with Gasteiger partial charge in [-0.1, -0.05) is 0 Å². The molecule has 2 N–H and O–H groups in total. The molecule has 1 saturated heterocycles. The van der Waals surface area contributed by atoms with Gasteiger partial charge in [-0.15, -0.1) is 0 Å². The fraction of sp³-hybridized carbons (Fsp3) is 0.500. The third-order valence-electron chi connectivity index (χ3n) is 3.15. The van der Waals surface area contributed by atoms with E-state index in [1.807, 2.05) is 4.90 Å². The van der Waals surface area contributed by atoms with Gasteiger partial charge in [0, 0.05) is 32.0 Å². The minimum Gasteiger partial charge on any atom is -0.437 e. The number of anilines is 1. The topological polar surface area (TPSA) is 76.5 Å². The van der Waals surface area contributed by atoms with E-state index in [0.717, 1.165) is 25.9 Å². The molecular formula is C12H16N2O3. The summed E-state index contributed by atoms with van der Waals surface area (Å²) in [7, 11) is 0. The fourth-order valence-electron chi connectivity index (χ4n) is 2.07. The van der Waals surface area contributed by atoms with E-state index in [2.05, 4.69) is 0 Å². The third kappa shape index (κ3) is 2.49. The first-order valence-electron chi connectivity index (χ1n) is 5.73.